The molecule has 1 aromatic carbocycles. The summed E-state index contributed by atoms with van der Waals surface area (Å²) < 4.78 is 0. The molecule has 1 N–H and O–H groups in total. The van der Waals surface area contributed by atoms with Gasteiger partial charge in [-0.1, -0.05) is 11.3 Å². The maximum atomic E-state index is 12.7. The first-order chi connectivity index (χ1) is 13.1. The molecule has 27 heavy (non-hydrogen) atoms. The minimum Gasteiger partial charge on any atom is -0.347 e. The highest BCUT2D eigenvalue weighted by Crippen LogP contribution is 2.30. The Balaban J connectivity index is 1.44. The Hall–Kier alpha value is -2.80. The van der Waals surface area contributed by atoms with Gasteiger partial charge < -0.3 is 10.2 Å². The molecule has 7 heteroatoms. The summed E-state index contributed by atoms with van der Waals surface area (Å²) in [5.74, 6) is -0.0677. The Bertz CT molecular complexity index is 950. The number of carbonyl (C=O) groups is 2. The zero-order valence-corrected chi connectivity index (χ0v) is 15.8. The van der Waals surface area contributed by atoms with Crippen molar-refractivity contribution in [2.45, 2.75) is 19.8 Å². The zero-order chi connectivity index (χ0) is 18.8. The molecule has 1 fully saturated rings. The number of thiazole rings is 1. The number of benzene rings is 1. The van der Waals surface area contributed by atoms with Crippen molar-refractivity contribution < 1.29 is 9.59 Å². The van der Waals surface area contributed by atoms with Crippen molar-refractivity contribution in [3.8, 4) is 0 Å². The van der Waals surface area contributed by atoms with Crippen molar-refractivity contribution in [2.75, 3.05) is 23.3 Å². The van der Waals surface area contributed by atoms with E-state index in [0.717, 1.165) is 34.9 Å². The van der Waals surface area contributed by atoms with Gasteiger partial charge in [0.2, 0.25) is 5.91 Å². The lowest BCUT2D eigenvalue weighted by molar-refractivity contribution is -0.120. The van der Waals surface area contributed by atoms with Crippen LogP contribution in [0.4, 0.5) is 10.8 Å². The third-order valence-corrected chi connectivity index (χ3v) is 5.82. The highest BCUT2D eigenvalue weighted by atomic mass is 32.1. The summed E-state index contributed by atoms with van der Waals surface area (Å²) in [4.78, 5) is 36.2. The van der Waals surface area contributed by atoms with Gasteiger partial charge in [0.15, 0.2) is 10.9 Å². The van der Waals surface area contributed by atoms with Crippen LogP contribution >= 0.6 is 11.3 Å². The van der Waals surface area contributed by atoms with Gasteiger partial charge in [-0.3, -0.25) is 9.59 Å². The van der Waals surface area contributed by atoms with E-state index in [2.05, 4.69) is 20.2 Å². The van der Waals surface area contributed by atoms with Crippen molar-refractivity contribution in [3.63, 3.8) is 0 Å². The molecule has 0 bridgehead atoms. The lowest BCUT2D eigenvalue weighted by Gasteiger charge is -2.31. The van der Waals surface area contributed by atoms with Crippen LogP contribution in [0.5, 0.6) is 0 Å². The van der Waals surface area contributed by atoms with E-state index in [0.29, 0.717) is 17.8 Å². The Morgan fingerprint density at radius 1 is 1.22 bits per heavy atom. The lowest BCUT2D eigenvalue weighted by Crippen LogP contribution is -2.40. The molecule has 1 aliphatic heterocycles. The number of hydrogen-bond donors (Lipinski definition) is 1. The van der Waals surface area contributed by atoms with Crippen molar-refractivity contribution in [3.05, 3.63) is 48.2 Å². The summed E-state index contributed by atoms with van der Waals surface area (Å²) in [5, 5.41) is 3.89. The average molecular weight is 380 g/mol. The van der Waals surface area contributed by atoms with Crippen LogP contribution in [0.3, 0.4) is 0 Å². The summed E-state index contributed by atoms with van der Waals surface area (Å²) in [6.45, 7) is 3.08. The summed E-state index contributed by atoms with van der Waals surface area (Å²) in [7, 11) is 0. The number of ketones is 1. The van der Waals surface area contributed by atoms with E-state index in [-0.39, 0.29) is 17.6 Å². The van der Waals surface area contributed by atoms with Crippen molar-refractivity contribution in [1.82, 2.24) is 9.97 Å². The number of pyridine rings is 1. The van der Waals surface area contributed by atoms with E-state index in [4.69, 9.17) is 0 Å². The normalized spacial score (nSPS) is 17.1. The molecule has 1 aliphatic rings. The molecule has 4 rings (SSSR count). The summed E-state index contributed by atoms with van der Waals surface area (Å²) in [6.07, 6.45) is 3.58. The molecule has 0 radical (unpaired) electrons. The Morgan fingerprint density at radius 2 is 2.04 bits per heavy atom. The second kappa shape index (κ2) is 7.44. The number of hydrogen-bond acceptors (Lipinski definition) is 6. The fourth-order valence-electron chi connectivity index (χ4n) is 3.29. The van der Waals surface area contributed by atoms with Gasteiger partial charge in [0.25, 0.3) is 0 Å². The first kappa shape index (κ1) is 17.6. The molecule has 3 aromatic rings. The van der Waals surface area contributed by atoms with E-state index in [1.165, 1.54) is 6.92 Å². The Kier molecular flexibility index (Phi) is 4.85. The van der Waals surface area contributed by atoms with Gasteiger partial charge in [-0.05, 0) is 56.2 Å². The predicted molar refractivity (Wildman–Crippen MR) is 107 cm³/mol. The molecule has 138 valence electrons. The van der Waals surface area contributed by atoms with Gasteiger partial charge in [0.05, 0.1) is 5.92 Å². The monoisotopic (exact) mass is 380 g/mol. The van der Waals surface area contributed by atoms with E-state index in [1.807, 2.05) is 12.1 Å². The number of nitrogens with one attached hydrogen (secondary N) is 1. The van der Waals surface area contributed by atoms with Crippen molar-refractivity contribution in [2.24, 2.45) is 5.92 Å². The van der Waals surface area contributed by atoms with E-state index < -0.39 is 0 Å². The van der Waals surface area contributed by atoms with Gasteiger partial charge in [0, 0.05) is 30.5 Å². The van der Waals surface area contributed by atoms with Crippen LogP contribution in [0.25, 0.3) is 10.3 Å². The van der Waals surface area contributed by atoms with Crippen LogP contribution in [0, 0.1) is 5.92 Å². The maximum Gasteiger partial charge on any atom is 0.229 e. The molecule has 0 saturated carbocycles. The molecule has 1 atom stereocenters. The van der Waals surface area contributed by atoms with Crippen LogP contribution in [0.15, 0.2) is 42.6 Å². The topological polar surface area (TPSA) is 75.2 Å². The Labute approximate surface area is 161 Å². The number of piperidine rings is 1. The zero-order valence-electron chi connectivity index (χ0n) is 15.0. The SMILES string of the molecule is CC(=O)c1ccc(NC(=O)C2CCCN(c3nc4cccnc4s3)C2)cc1. The highest BCUT2D eigenvalue weighted by Gasteiger charge is 2.27. The van der Waals surface area contributed by atoms with Gasteiger partial charge >= 0.3 is 0 Å². The number of amides is 1. The summed E-state index contributed by atoms with van der Waals surface area (Å²) in [5.41, 5.74) is 2.25. The van der Waals surface area contributed by atoms with Crippen LogP contribution in [-0.2, 0) is 4.79 Å². The minimum atomic E-state index is -0.0915. The molecule has 1 unspecified atom stereocenters. The summed E-state index contributed by atoms with van der Waals surface area (Å²) in [6, 6.07) is 10.9. The number of rotatable bonds is 4. The fraction of sp³-hybridized carbons (Fsp3) is 0.300. The third kappa shape index (κ3) is 3.83. The highest BCUT2D eigenvalue weighted by molar-refractivity contribution is 7.21. The second-order valence-electron chi connectivity index (χ2n) is 6.73. The molecule has 3 heterocycles. The first-order valence-corrected chi connectivity index (χ1v) is 9.80. The van der Waals surface area contributed by atoms with E-state index in [1.54, 1.807) is 41.8 Å². The minimum absolute atomic E-state index is 0.00881. The number of aromatic nitrogens is 2. The molecule has 0 spiro atoms. The lowest BCUT2D eigenvalue weighted by atomic mass is 9.97. The number of fused-ring (bicyclic) bond motifs is 1. The van der Waals surface area contributed by atoms with Gasteiger partial charge in [-0.25, -0.2) is 9.97 Å². The molecular weight excluding hydrogens is 360 g/mol. The number of nitrogens with zero attached hydrogens (tertiary/aromatic N) is 3. The fourth-order valence-corrected chi connectivity index (χ4v) is 4.23. The number of anilines is 2. The molecular formula is C20H20N4O2S. The Morgan fingerprint density at radius 3 is 2.78 bits per heavy atom. The number of Topliss-reactive ketones (excluding diaryl/α,β-unsaturated/α-hetero) is 1. The summed E-state index contributed by atoms with van der Waals surface area (Å²) >= 11 is 1.57. The molecule has 6 nitrogen and oxygen atoms in total. The van der Waals surface area contributed by atoms with E-state index in [9.17, 15) is 9.59 Å². The maximum absolute atomic E-state index is 12.7. The van der Waals surface area contributed by atoms with Crippen molar-refractivity contribution >= 4 is 44.2 Å². The largest absolute Gasteiger partial charge is 0.347 e. The van der Waals surface area contributed by atoms with Crippen LogP contribution < -0.4 is 10.2 Å². The van der Waals surface area contributed by atoms with Gasteiger partial charge in [0.1, 0.15) is 10.3 Å². The molecule has 0 aliphatic carbocycles. The van der Waals surface area contributed by atoms with Crippen LogP contribution in [0.2, 0.25) is 0 Å². The van der Waals surface area contributed by atoms with Gasteiger partial charge in [-0.2, -0.15) is 0 Å². The second-order valence-corrected chi connectivity index (χ2v) is 7.69. The quantitative estimate of drug-likeness (QED) is 0.698. The predicted octanol–water partition coefficient (Wildman–Crippen LogP) is 3.75. The average Bonchev–Trinajstić information content (AvgIpc) is 3.13. The molecule has 1 saturated heterocycles. The first-order valence-electron chi connectivity index (χ1n) is 8.98. The molecule has 1 amide bonds. The van der Waals surface area contributed by atoms with Crippen molar-refractivity contribution in [1.29, 1.82) is 0 Å². The van der Waals surface area contributed by atoms with Gasteiger partial charge in [-0.15, -0.1) is 0 Å². The van der Waals surface area contributed by atoms with Crippen LogP contribution in [-0.4, -0.2) is 34.7 Å². The van der Waals surface area contributed by atoms with Crippen LogP contribution in [0.1, 0.15) is 30.1 Å². The molecule has 2 aromatic heterocycles. The third-order valence-electron chi connectivity index (χ3n) is 4.78. The smallest absolute Gasteiger partial charge is 0.229 e. The standard InChI is InChI=1S/C20H20N4O2S/c1-13(25)14-6-8-16(9-7-14)22-18(26)15-4-3-11-24(12-15)20-23-17-5-2-10-21-19(17)27-20/h2,5-10,15H,3-4,11-12H2,1H3,(H,22,26). The number of carbonyl (C=O) groups excluding carboxylic acids is 2. The van der Waals surface area contributed by atoms with E-state index >= 15 is 0 Å².